The van der Waals surface area contributed by atoms with Gasteiger partial charge in [0.05, 0.1) is 28.3 Å². The monoisotopic (exact) mass is 378 g/mol. The lowest BCUT2D eigenvalue weighted by Gasteiger charge is -2.21. The van der Waals surface area contributed by atoms with Gasteiger partial charge in [-0.2, -0.15) is 0 Å². The maximum Gasteiger partial charge on any atom is 0.232 e. The van der Waals surface area contributed by atoms with E-state index in [0.29, 0.717) is 18.1 Å². The largest absolute Gasteiger partial charge is 0.301 e. The van der Waals surface area contributed by atoms with E-state index >= 15 is 0 Å². The summed E-state index contributed by atoms with van der Waals surface area (Å²) in [5.41, 5.74) is 1.43. The third-order valence-corrected chi connectivity index (χ3v) is 5.76. The molecule has 0 amide bonds. The van der Waals surface area contributed by atoms with Crippen molar-refractivity contribution in [2.75, 3.05) is 23.4 Å². The Morgan fingerprint density at radius 1 is 1.24 bits per heavy atom. The summed E-state index contributed by atoms with van der Waals surface area (Å²) in [4.78, 5) is 8.34. The quantitative estimate of drug-likeness (QED) is 0.634. The summed E-state index contributed by atoms with van der Waals surface area (Å²) < 4.78 is 39.0. The van der Waals surface area contributed by atoms with Gasteiger partial charge in [0.25, 0.3) is 0 Å². The summed E-state index contributed by atoms with van der Waals surface area (Å²) in [6.07, 6.45) is 6.09. The Hall–Kier alpha value is -2.26. The molecule has 3 rings (SSSR count). The van der Waals surface area contributed by atoms with Crippen molar-refractivity contribution in [3.63, 3.8) is 0 Å². The molecule has 0 aliphatic heterocycles. The number of benzene rings is 1. The molecule has 9 heteroatoms. The molecule has 0 aliphatic carbocycles. The molecule has 1 atom stereocenters. The van der Waals surface area contributed by atoms with Crippen LogP contribution in [-0.2, 0) is 20.8 Å². The Balaban J connectivity index is 2.20. The van der Waals surface area contributed by atoms with E-state index in [1.54, 1.807) is 25.3 Å². The Kier molecular flexibility index (Phi) is 4.61. The Morgan fingerprint density at radius 2 is 2.00 bits per heavy atom. The number of hydrogen-bond acceptors (Lipinski definition) is 5. The van der Waals surface area contributed by atoms with Crippen LogP contribution in [0.1, 0.15) is 6.92 Å². The lowest BCUT2D eigenvalue weighted by Crippen LogP contribution is -2.29. The number of hydrogen-bond donors (Lipinski definition) is 0. The molecule has 1 unspecified atom stereocenters. The summed E-state index contributed by atoms with van der Waals surface area (Å²) in [5.74, 6) is 0.578. The molecule has 0 bridgehead atoms. The molecule has 7 nitrogen and oxygen atoms in total. The molecule has 2 heterocycles. The fourth-order valence-corrected chi connectivity index (χ4v) is 4.17. The van der Waals surface area contributed by atoms with E-state index in [9.17, 15) is 12.6 Å². The molecule has 0 N–H and O–H groups in total. The second kappa shape index (κ2) is 6.57. The number of anilines is 1. The van der Waals surface area contributed by atoms with Crippen LogP contribution in [0.2, 0.25) is 0 Å². The predicted molar refractivity (Wildman–Crippen MR) is 99.1 cm³/mol. The Bertz CT molecular complexity index is 1060. The number of fused-ring (bicyclic) bond motifs is 1. The minimum atomic E-state index is -3.37. The first kappa shape index (κ1) is 17.6. The van der Waals surface area contributed by atoms with Gasteiger partial charge in [0.2, 0.25) is 15.2 Å². The second-order valence-electron chi connectivity index (χ2n) is 5.47. The molecule has 132 valence electrons. The Labute approximate surface area is 148 Å². The van der Waals surface area contributed by atoms with Gasteiger partial charge in [0, 0.05) is 30.6 Å². The normalized spacial score (nSPS) is 13.1. The van der Waals surface area contributed by atoms with Crippen LogP contribution in [0.5, 0.6) is 0 Å². The molecule has 0 radical (unpaired) electrons. The summed E-state index contributed by atoms with van der Waals surface area (Å²) in [5, 5.41) is 1.05. The van der Waals surface area contributed by atoms with Gasteiger partial charge >= 0.3 is 0 Å². The van der Waals surface area contributed by atoms with Crippen molar-refractivity contribution >= 4 is 37.4 Å². The highest BCUT2D eigenvalue weighted by Gasteiger charge is 2.19. The topological polar surface area (TPSA) is 85.2 Å². The molecular weight excluding hydrogens is 360 g/mol. The van der Waals surface area contributed by atoms with Gasteiger partial charge in [0.1, 0.15) is 5.82 Å². The van der Waals surface area contributed by atoms with Crippen LogP contribution < -0.4 is 4.31 Å². The maximum atomic E-state index is 12.1. The van der Waals surface area contributed by atoms with Crippen LogP contribution in [0, 0.1) is 0 Å². The van der Waals surface area contributed by atoms with Gasteiger partial charge in [-0.3, -0.25) is 8.51 Å². The number of sulfonamides is 1. The summed E-state index contributed by atoms with van der Waals surface area (Å²) in [7, 11) is -4.66. The van der Waals surface area contributed by atoms with Crippen molar-refractivity contribution < 1.29 is 12.6 Å². The van der Waals surface area contributed by atoms with Crippen LogP contribution >= 0.6 is 0 Å². The summed E-state index contributed by atoms with van der Waals surface area (Å²) >= 11 is 0. The van der Waals surface area contributed by atoms with Crippen molar-refractivity contribution in [1.82, 2.24) is 14.5 Å². The number of rotatable bonds is 5. The first-order chi connectivity index (χ1) is 11.8. The van der Waals surface area contributed by atoms with Crippen LogP contribution in [0.15, 0.2) is 47.9 Å². The van der Waals surface area contributed by atoms with Crippen molar-refractivity contribution in [3.05, 3.63) is 42.7 Å². The fraction of sp³-hybridized carbons (Fsp3) is 0.250. The van der Waals surface area contributed by atoms with Crippen LogP contribution in [0.25, 0.3) is 16.7 Å². The van der Waals surface area contributed by atoms with Crippen molar-refractivity contribution in [2.45, 2.75) is 12.1 Å². The number of nitrogens with zero attached hydrogens (tertiary/aromatic N) is 4. The maximum absolute atomic E-state index is 12.1. The molecule has 0 aliphatic rings. The lowest BCUT2D eigenvalue weighted by molar-refractivity contribution is 0.598. The van der Waals surface area contributed by atoms with Crippen LogP contribution in [-0.4, -0.2) is 46.2 Å². The molecule has 0 saturated heterocycles. The molecule has 3 aromatic rings. The minimum Gasteiger partial charge on any atom is -0.301 e. The Morgan fingerprint density at radius 3 is 2.64 bits per heavy atom. The second-order valence-corrected chi connectivity index (χ2v) is 8.66. The first-order valence-electron chi connectivity index (χ1n) is 7.57. The highest BCUT2D eigenvalue weighted by atomic mass is 32.2. The van der Waals surface area contributed by atoms with Gasteiger partial charge in [-0.1, -0.05) is 6.07 Å². The zero-order valence-corrected chi connectivity index (χ0v) is 15.7. The predicted octanol–water partition coefficient (Wildman–Crippen LogP) is 1.94. The third kappa shape index (κ3) is 3.29. The van der Waals surface area contributed by atoms with E-state index in [2.05, 4.69) is 9.97 Å². The van der Waals surface area contributed by atoms with Crippen molar-refractivity contribution in [3.8, 4) is 5.82 Å². The van der Waals surface area contributed by atoms with Gasteiger partial charge in [-0.15, -0.1) is 0 Å². The summed E-state index contributed by atoms with van der Waals surface area (Å²) in [6.45, 7) is 2.14. The van der Waals surface area contributed by atoms with E-state index in [1.165, 1.54) is 16.8 Å². The molecule has 0 fully saturated rings. The van der Waals surface area contributed by atoms with Crippen molar-refractivity contribution in [1.29, 1.82) is 0 Å². The zero-order chi connectivity index (χ0) is 18.2. The average molecular weight is 378 g/mol. The van der Waals surface area contributed by atoms with E-state index < -0.39 is 20.8 Å². The van der Waals surface area contributed by atoms with Gasteiger partial charge < -0.3 is 4.57 Å². The summed E-state index contributed by atoms with van der Waals surface area (Å²) in [6, 6.07) is 9.05. The molecule has 1 aromatic carbocycles. The fourth-order valence-electron chi connectivity index (χ4n) is 2.76. The standard InChI is InChI=1S/C16H18N4O3S2/c1-4-20(25(3,22)23)14-7-5-6-13-12(14)9-11-19(13)15-8-10-17-16(18-15)24(2)21/h5-11H,4H2,1-3H3. The van der Waals surface area contributed by atoms with E-state index in [1.807, 2.05) is 29.0 Å². The van der Waals surface area contributed by atoms with E-state index in [0.717, 1.165) is 10.9 Å². The minimum absolute atomic E-state index is 0.252. The van der Waals surface area contributed by atoms with Crippen LogP contribution in [0.3, 0.4) is 0 Å². The van der Waals surface area contributed by atoms with Crippen LogP contribution in [0.4, 0.5) is 5.69 Å². The molecule has 0 spiro atoms. The number of aromatic nitrogens is 3. The first-order valence-corrected chi connectivity index (χ1v) is 11.0. The van der Waals surface area contributed by atoms with Crippen molar-refractivity contribution in [2.24, 2.45) is 0 Å². The van der Waals surface area contributed by atoms with E-state index in [4.69, 9.17) is 0 Å². The van der Waals surface area contributed by atoms with Gasteiger partial charge in [-0.05, 0) is 31.2 Å². The highest BCUT2D eigenvalue weighted by Crippen LogP contribution is 2.30. The molecule has 2 aromatic heterocycles. The van der Waals surface area contributed by atoms with Gasteiger partial charge in [-0.25, -0.2) is 18.4 Å². The third-order valence-electron chi connectivity index (χ3n) is 3.79. The molecule has 0 saturated carbocycles. The molecule has 25 heavy (non-hydrogen) atoms. The lowest BCUT2D eigenvalue weighted by atomic mass is 10.2. The highest BCUT2D eigenvalue weighted by molar-refractivity contribution is 7.92. The SMILES string of the molecule is CCN(c1cccc2c1ccn2-c1ccnc(S(C)=O)n1)S(C)(=O)=O. The van der Waals surface area contributed by atoms with E-state index in [-0.39, 0.29) is 5.16 Å². The average Bonchev–Trinajstić information content (AvgIpc) is 2.99. The van der Waals surface area contributed by atoms with Gasteiger partial charge in [0.15, 0.2) is 0 Å². The smallest absolute Gasteiger partial charge is 0.232 e. The zero-order valence-electron chi connectivity index (χ0n) is 14.1. The molecular formula is C16H18N4O3S2.